The first-order valence-electron chi connectivity index (χ1n) is 18.6. The first-order valence-corrected chi connectivity index (χ1v) is 20.5. The summed E-state index contributed by atoms with van der Waals surface area (Å²) in [5.74, 6) is -2.08. The molecule has 276 valence electrons. The van der Waals surface area contributed by atoms with E-state index in [0.29, 0.717) is 32.4 Å². The van der Waals surface area contributed by atoms with Crippen LogP contribution >= 0.6 is 0 Å². The van der Waals surface area contributed by atoms with Crippen LogP contribution in [0.4, 0.5) is 0 Å². The average molecular weight is 696 g/mol. The molecule has 0 aliphatic carbocycles. The topological polar surface area (TPSA) is 178 Å². The predicted octanol–water partition coefficient (Wildman–Crippen LogP) is 7.06. The lowest BCUT2D eigenvalue weighted by Crippen LogP contribution is -2.31. The standard InChI is InChI=1S/C36H65N5O6S/c1-29(2)33(36(37)45)26-34(43)30(3)20-17-18-24-38-35(44)23-19-25-48(46,47)28-32(42)22-16-14-12-10-8-6-4-5-7-9-11-13-15-21-31-27-39-41-40-31/h29-30,33H,4-28H2,1-3H3,(H2,37,45)(H,38,44)/t30-,33-/m0/s1. The van der Waals surface area contributed by atoms with Gasteiger partial charge >= 0.3 is 0 Å². The third kappa shape index (κ3) is 23.0. The number of hydrogen-bond acceptors (Lipinski definition) is 9. The van der Waals surface area contributed by atoms with Crippen LogP contribution in [0.25, 0.3) is 0 Å². The minimum atomic E-state index is -3.52. The fourth-order valence-electron chi connectivity index (χ4n) is 5.94. The number of carbonyl (C=O) groups excluding carboxylic acids is 4. The quantitative estimate of drug-likeness (QED) is 0.0711. The van der Waals surface area contributed by atoms with Crippen molar-refractivity contribution in [2.45, 2.75) is 156 Å². The van der Waals surface area contributed by atoms with Gasteiger partial charge in [-0.15, -0.1) is 5.10 Å². The maximum absolute atomic E-state index is 12.4. The Labute approximate surface area is 290 Å². The summed E-state index contributed by atoms with van der Waals surface area (Å²) in [7, 11) is -3.52. The molecule has 2 amide bonds. The number of Topliss-reactive ketones (excluding diaryl/α,β-unsaturated/α-hetero) is 2. The van der Waals surface area contributed by atoms with Gasteiger partial charge in [-0.1, -0.05) is 97.8 Å². The third-order valence-electron chi connectivity index (χ3n) is 9.19. The van der Waals surface area contributed by atoms with Gasteiger partial charge < -0.3 is 11.1 Å². The Kier molecular flexibility index (Phi) is 23.9. The van der Waals surface area contributed by atoms with Gasteiger partial charge in [-0.05, 0) is 49.7 Å². The van der Waals surface area contributed by atoms with Crippen molar-refractivity contribution in [2.24, 2.45) is 38.9 Å². The Bertz CT molecular complexity index is 1120. The molecule has 0 aromatic rings. The first-order chi connectivity index (χ1) is 22.9. The smallest absolute Gasteiger partial charge is 0.221 e. The number of ketones is 2. The highest BCUT2D eigenvalue weighted by Crippen LogP contribution is 2.20. The number of hydrogen-bond donors (Lipinski definition) is 2. The number of sulfone groups is 1. The van der Waals surface area contributed by atoms with Crippen molar-refractivity contribution in [1.29, 1.82) is 0 Å². The zero-order chi connectivity index (χ0) is 35.6. The van der Waals surface area contributed by atoms with Crippen molar-refractivity contribution in [3.63, 3.8) is 0 Å². The second-order valence-corrected chi connectivity index (χ2v) is 16.2. The van der Waals surface area contributed by atoms with E-state index in [0.717, 1.165) is 44.2 Å². The summed E-state index contributed by atoms with van der Waals surface area (Å²) in [6.45, 7) is 6.75. The molecule has 0 saturated heterocycles. The number of nitrogens with two attached hydrogens (primary N) is 1. The van der Waals surface area contributed by atoms with Crippen LogP contribution in [0.15, 0.2) is 15.4 Å². The van der Waals surface area contributed by atoms with Crippen LogP contribution in [0.3, 0.4) is 0 Å². The molecular weight excluding hydrogens is 630 g/mol. The molecule has 1 aliphatic heterocycles. The largest absolute Gasteiger partial charge is 0.369 e. The van der Waals surface area contributed by atoms with Gasteiger partial charge in [-0.2, -0.15) is 5.11 Å². The lowest BCUT2D eigenvalue weighted by Gasteiger charge is -2.18. The first kappa shape index (κ1) is 43.5. The van der Waals surface area contributed by atoms with E-state index in [-0.39, 0.29) is 54.3 Å². The van der Waals surface area contributed by atoms with E-state index >= 15 is 0 Å². The van der Waals surface area contributed by atoms with E-state index in [4.69, 9.17) is 5.73 Å². The second-order valence-electron chi connectivity index (χ2n) is 14.1. The SMILES string of the molecule is CC(C)[C@H](CC(=O)[C@@H](C)CCCCNC(=O)CCCS(=O)(=O)CC(=O)CCCCCCCCCCCCCCCC1=NN=NC1)C(N)=O. The van der Waals surface area contributed by atoms with Crippen molar-refractivity contribution >= 4 is 38.9 Å². The van der Waals surface area contributed by atoms with Gasteiger partial charge in [0.05, 0.1) is 11.5 Å². The van der Waals surface area contributed by atoms with E-state index in [9.17, 15) is 27.6 Å². The molecule has 0 bridgehead atoms. The van der Waals surface area contributed by atoms with Crippen LogP contribution in [0.2, 0.25) is 0 Å². The Morgan fingerprint density at radius 3 is 1.90 bits per heavy atom. The monoisotopic (exact) mass is 695 g/mol. The number of rotatable bonds is 32. The highest BCUT2D eigenvalue weighted by atomic mass is 32.2. The summed E-state index contributed by atoms with van der Waals surface area (Å²) in [6.07, 6.45) is 19.2. The lowest BCUT2D eigenvalue weighted by atomic mass is 9.86. The molecule has 3 N–H and O–H groups in total. The fourth-order valence-corrected chi connectivity index (χ4v) is 7.31. The molecule has 12 heteroatoms. The zero-order valence-corrected chi connectivity index (χ0v) is 31.0. The highest BCUT2D eigenvalue weighted by Gasteiger charge is 2.25. The highest BCUT2D eigenvalue weighted by molar-refractivity contribution is 7.92. The van der Waals surface area contributed by atoms with Crippen molar-refractivity contribution in [2.75, 3.05) is 24.6 Å². The number of nitrogens with zero attached hydrogens (tertiary/aromatic N) is 3. The Balaban J connectivity index is 1.96. The summed E-state index contributed by atoms with van der Waals surface area (Å²) in [5, 5.41) is 14.3. The number of primary amides is 1. The Morgan fingerprint density at radius 2 is 1.35 bits per heavy atom. The molecule has 0 radical (unpaired) electrons. The maximum atomic E-state index is 12.4. The molecule has 0 fully saturated rings. The normalized spacial score (nSPS) is 14.2. The van der Waals surface area contributed by atoms with Gasteiger partial charge in [-0.3, -0.25) is 19.2 Å². The van der Waals surface area contributed by atoms with Crippen LogP contribution in [0.1, 0.15) is 156 Å². The maximum Gasteiger partial charge on any atom is 0.221 e. The number of carbonyl (C=O) groups is 4. The molecule has 11 nitrogen and oxygen atoms in total. The summed E-state index contributed by atoms with van der Waals surface area (Å²) < 4.78 is 24.7. The summed E-state index contributed by atoms with van der Waals surface area (Å²) in [5.41, 5.74) is 6.53. The average Bonchev–Trinajstić information content (AvgIpc) is 3.54. The summed E-state index contributed by atoms with van der Waals surface area (Å²) in [4.78, 5) is 48.3. The van der Waals surface area contributed by atoms with Gasteiger partial charge in [0, 0.05) is 37.6 Å². The molecule has 0 aromatic carbocycles. The van der Waals surface area contributed by atoms with Crippen molar-refractivity contribution in [3.8, 4) is 0 Å². The van der Waals surface area contributed by atoms with Crippen molar-refractivity contribution < 1.29 is 27.6 Å². The molecular formula is C36H65N5O6S. The number of nitrogens with one attached hydrogen (secondary N) is 1. The van der Waals surface area contributed by atoms with Gasteiger partial charge in [0.2, 0.25) is 11.8 Å². The van der Waals surface area contributed by atoms with Crippen LogP contribution in [-0.2, 0) is 29.0 Å². The van der Waals surface area contributed by atoms with Gasteiger partial charge in [0.15, 0.2) is 9.84 Å². The summed E-state index contributed by atoms with van der Waals surface area (Å²) >= 11 is 0. The van der Waals surface area contributed by atoms with E-state index in [1.165, 1.54) is 57.8 Å². The van der Waals surface area contributed by atoms with Gasteiger partial charge in [0.1, 0.15) is 23.9 Å². The van der Waals surface area contributed by atoms with Crippen LogP contribution in [0, 0.1) is 17.8 Å². The lowest BCUT2D eigenvalue weighted by molar-refractivity contribution is -0.130. The summed E-state index contributed by atoms with van der Waals surface area (Å²) in [6, 6.07) is 0. The molecule has 1 rings (SSSR count). The van der Waals surface area contributed by atoms with E-state index < -0.39 is 27.4 Å². The molecule has 0 aromatic heterocycles. The van der Waals surface area contributed by atoms with Gasteiger partial charge in [0.25, 0.3) is 0 Å². The van der Waals surface area contributed by atoms with Crippen LogP contribution in [-0.4, -0.2) is 62.1 Å². The van der Waals surface area contributed by atoms with Crippen LogP contribution in [0.5, 0.6) is 0 Å². The number of unbranched alkanes of at least 4 members (excludes halogenated alkanes) is 13. The zero-order valence-electron chi connectivity index (χ0n) is 30.2. The Morgan fingerprint density at radius 1 is 0.771 bits per heavy atom. The van der Waals surface area contributed by atoms with Gasteiger partial charge in [-0.25, -0.2) is 8.42 Å². The predicted molar refractivity (Wildman–Crippen MR) is 192 cm³/mol. The third-order valence-corrected chi connectivity index (χ3v) is 10.9. The van der Waals surface area contributed by atoms with E-state index in [1.54, 1.807) is 0 Å². The van der Waals surface area contributed by atoms with Crippen molar-refractivity contribution in [3.05, 3.63) is 0 Å². The molecule has 1 aliphatic rings. The molecule has 2 atom stereocenters. The van der Waals surface area contributed by atoms with Crippen molar-refractivity contribution in [1.82, 2.24) is 5.32 Å². The van der Waals surface area contributed by atoms with E-state index in [2.05, 4.69) is 20.8 Å². The number of amides is 2. The molecule has 0 unspecified atom stereocenters. The second kappa shape index (κ2) is 26.4. The molecule has 0 saturated carbocycles. The minimum Gasteiger partial charge on any atom is -0.369 e. The van der Waals surface area contributed by atoms with E-state index in [1.807, 2.05) is 20.8 Å². The molecule has 0 spiro atoms. The molecule has 1 heterocycles. The molecule has 48 heavy (non-hydrogen) atoms. The fraction of sp³-hybridized carbons (Fsp3) is 0.861. The Hall–Kier alpha value is -2.50. The van der Waals surface area contributed by atoms with Crippen LogP contribution < -0.4 is 11.1 Å². The minimum absolute atomic E-state index is 0.0174.